The number of benzene rings is 1. The van der Waals surface area contributed by atoms with Gasteiger partial charge in [0, 0.05) is 11.6 Å². The zero-order valence-electron chi connectivity index (χ0n) is 7.24. The topological polar surface area (TPSA) is 89.4 Å². The molecule has 0 saturated carbocycles. The predicted molar refractivity (Wildman–Crippen MR) is 47.5 cm³/mol. The van der Waals surface area contributed by atoms with Gasteiger partial charge in [-0.05, 0) is 13.0 Å². The number of nitro benzene ring substituents is 1. The minimum atomic E-state index is -0.998. The SMILES string of the molecule is NCCc1cc([N+](=O)[O-])cc(F)c1O. The van der Waals surface area contributed by atoms with E-state index in [-0.39, 0.29) is 24.2 Å². The third-order valence-electron chi connectivity index (χ3n) is 1.75. The Morgan fingerprint density at radius 3 is 2.71 bits per heavy atom. The molecule has 0 aliphatic heterocycles. The highest BCUT2D eigenvalue weighted by molar-refractivity contribution is 5.44. The Morgan fingerprint density at radius 2 is 2.21 bits per heavy atom. The second-order valence-corrected chi connectivity index (χ2v) is 2.73. The number of nitrogens with two attached hydrogens (primary N) is 1. The van der Waals surface area contributed by atoms with Crippen LogP contribution < -0.4 is 5.73 Å². The van der Waals surface area contributed by atoms with Crippen molar-refractivity contribution in [2.24, 2.45) is 5.73 Å². The summed E-state index contributed by atoms with van der Waals surface area (Å²) in [6.07, 6.45) is 0.199. The summed E-state index contributed by atoms with van der Waals surface area (Å²) in [5, 5.41) is 19.5. The number of nitrogens with zero attached hydrogens (tertiary/aromatic N) is 1. The largest absolute Gasteiger partial charge is 0.505 e. The molecular weight excluding hydrogens is 191 g/mol. The molecule has 0 radical (unpaired) electrons. The van der Waals surface area contributed by atoms with Gasteiger partial charge in [-0.15, -0.1) is 0 Å². The summed E-state index contributed by atoms with van der Waals surface area (Å²) >= 11 is 0. The highest BCUT2D eigenvalue weighted by Crippen LogP contribution is 2.26. The van der Waals surface area contributed by atoms with Crippen LogP contribution in [0.15, 0.2) is 12.1 Å². The molecule has 0 aromatic heterocycles. The van der Waals surface area contributed by atoms with E-state index in [1.807, 2.05) is 0 Å². The number of aromatic hydroxyl groups is 1. The van der Waals surface area contributed by atoms with Gasteiger partial charge in [0.05, 0.1) is 11.0 Å². The average molecular weight is 200 g/mol. The Hall–Kier alpha value is -1.69. The summed E-state index contributed by atoms with van der Waals surface area (Å²) < 4.78 is 12.9. The van der Waals surface area contributed by atoms with Crippen molar-refractivity contribution in [1.82, 2.24) is 0 Å². The molecule has 0 bridgehead atoms. The maximum atomic E-state index is 12.9. The van der Waals surface area contributed by atoms with E-state index in [9.17, 15) is 19.6 Å². The Kier molecular flexibility index (Phi) is 2.98. The Balaban J connectivity index is 3.20. The molecule has 5 nitrogen and oxygen atoms in total. The molecule has 14 heavy (non-hydrogen) atoms. The molecule has 76 valence electrons. The van der Waals surface area contributed by atoms with Crippen LogP contribution in [0.25, 0.3) is 0 Å². The van der Waals surface area contributed by atoms with Gasteiger partial charge in [0.15, 0.2) is 11.6 Å². The van der Waals surface area contributed by atoms with Crippen LogP contribution in [0, 0.1) is 15.9 Å². The Bertz CT molecular complexity index is 368. The fourth-order valence-electron chi connectivity index (χ4n) is 1.09. The third kappa shape index (κ3) is 1.97. The summed E-state index contributed by atoms with van der Waals surface area (Å²) in [5.74, 6) is -1.57. The van der Waals surface area contributed by atoms with Crippen molar-refractivity contribution in [1.29, 1.82) is 0 Å². The molecule has 0 fully saturated rings. The average Bonchev–Trinajstić information content (AvgIpc) is 2.12. The first-order valence-corrected chi connectivity index (χ1v) is 3.92. The second-order valence-electron chi connectivity index (χ2n) is 2.73. The zero-order valence-corrected chi connectivity index (χ0v) is 7.24. The minimum Gasteiger partial charge on any atom is -0.505 e. The Morgan fingerprint density at radius 1 is 1.57 bits per heavy atom. The molecule has 1 aromatic carbocycles. The lowest BCUT2D eigenvalue weighted by Crippen LogP contribution is -2.04. The van der Waals surface area contributed by atoms with Crippen molar-refractivity contribution in [2.75, 3.05) is 6.54 Å². The minimum absolute atomic E-state index is 0.152. The van der Waals surface area contributed by atoms with Crippen LogP contribution in [0.5, 0.6) is 5.75 Å². The number of hydrogen-bond donors (Lipinski definition) is 2. The summed E-state index contributed by atoms with van der Waals surface area (Å²) in [7, 11) is 0. The summed E-state index contributed by atoms with van der Waals surface area (Å²) in [6.45, 7) is 0.189. The van der Waals surface area contributed by atoms with Crippen LogP contribution in [0.3, 0.4) is 0 Å². The van der Waals surface area contributed by atoms with Gasteiger partial charge in [0.25, 0.3) is 5.69 Å². The van der Waals surface area contributed by atoms with Gasteiger partial charge >= 0.3 is 0 Å². The second kappa shape index (κ2) is 4.01. The van der Waals surface area contributed by atoms with Gasteiger partial charge in [0.1, 0.15) is 0 Å². The zero-order chi connectivity index (χ0) is 10.7. The summed E-state index contributed by atoms with van der Waals surface area (Å²) in [5.41, 5.74) is 4.97. The smallest absolute Gasteiger partial charge is 0.272 e. The first-order valence-electron chi connectivity index (χ1n) is 3.92. The molecule has 3 N–H and O–H groups in total. The molecule has 6 heteroatoms. The molecule has 0 aliphatic rings. The van der Waals surface area contributed by atoms with Gasteiger partial charge in [-0.3, -0.25) is 10.1 Å². The van der Waals surface area contributed by atoms with Gasteiger partial charge in [-0.25, -0.2) is 4.39 Å². The van der Waals surface area contributed by atoms with Gasteiger partial charge in [-0.2, -0.15) is 0 Å². The molecule has 0 saturated heterocycles. The Labute approximate surface area is 79.1 Å². The third-order valence-corrected chi connectivity index (χ3v) is 1.75. The lowest BCUT2D eigenvalue weighted by atomic mass is 10.1. The molecule has 0 heterocycles. The molecule has 0 aliphatic carbocycles. The van der Waals surface area contributed by atoms with Crippen molar-refractivity contribution in [3.8, 4) is 5.75 Å². The predicted octanol–water partition coefficient (Wildman–Crippen LogP) is 0.941. The standard InChI is InChI=1S/C8H9FN2O3/c9-7-4-6(11(13)14)3-5(1-2-10)8(7)12/h3-4,12H,1-2,10H2. The lowest BCUT2D eigenvalue weighted by molar-refractivity contribution is -0.385. The maximum absolute atomic E-state index is 12.9. The number of halogens is 1. The van der Waals surface area contributed by atoms with E-state index in [1.165, 1.54) is 0 Å². The summed E-state index contributed by atoms with van der Waals surface area (Å²) in [4.78, 5) is 9.63. The summed E-state index contributed by atoms with van der Waals surface area (Å²) in [6, 6.07) is 1.79. The van der Waals surface area contributed by atoms with Crippen molar-refractivity contribution in [2.45, 2.75) is 6.42 Å². The monoisotopic (exact) mass is 200 g/mol. The highest BCUT2D eigenvalue weighted by atomic mass is 19.1. The van der Waals surface area contributed by atoms with Crippen molar-refractivity contribution in [3.05, 3.63) is 33.6 Å². The number of phenols is 1. The molecule has 1 rings (SSSR count). The molecular formula is C8H9FN2O3. The van der Waals surface area contributed by atoms with Crippen LogP contribution in [-0.4, -0.2) is 16.6 Å². The maximum Gasteiger partial charge on any atom is 0.272 e. The van der Waals surface area contributed by atoms with Crippen LogP contribution >= 0.6 is 0 Å². The van der Waals surface area contributed by atoms with Crippen LogP contribution in [0.2, 0.25) is 0 Å². The van der Waals surface area contributed by atoms with Crippen LogP contribution in [-0.2, 0) is 6.42 Å². The van der Waals surface area contributed by atoms with Crippen molar-refractivity contribution >= 4 is 5.69 Å². The van der Waals surface area contributed by atoms with E-state index in [0.717, 1.165) is 6.07 Å². The van der Waals surface area contributed by atoms with Crippen LogP contribution in [0.1, 0.15) is 5.56 Å². The molecule has 0 atom stereocenters. The van der Waals surface area contributed by atoms with E-state index in [2.05, 4.69) is 0 Å². The number of non-ortho nitro benzene ring substituents is 1. The number of phenolic OH excluding ortho intramolecular Hbond substituents is 1. The number of nitro groups is 1. The first kappa shape index (κ1) is 10.4. The van der Waals surface area contributed by atoms with E-state index in [1.54, 1.807) is 0 Å². The van der Waals surface area contributed by atoms with Crippen molar-refractivity contribution in [3.63, 3.8) is 0 Å². The molecule has 1 aromatic rings. The quantitative estimate of drug-likeness (QED) is 0.561. The highest BCUT2D eigenvalue weighted by Gasteiger charge is 2.15. The lowest BCUT2D eigenvalue weighted by Gasteiger charge is -2.03. The molecule has 0 unspecified atom stereocenters. The first-order chi connectivity index (χ1) is 6.56. The van der Waals surface area contributed by atoms with Crippen molar-refractivity contribution < 1.29 is 14.4 Å². The number of rotatable bonds is 3. The van der Waals surface area contributed by atoms with Gasteiger partial charge in [0.2, 0.25) is 0 Å². The van der Waals surface area contributed by atoms with E-state index in [4.69, 9.17) is 5.73 Å². The van der Waals surface area contributed by atoms with Crippen LogP contribution in [0.4, 0.5) is 10.1 Å². The fourth-order valence-corrected chi connectivity index (χ4v) is 1.09. The van der Waals surface area contributed by atoms with E-state index >= 15 is 0 Å². The fraction of sp³-hybridized carbons (Fsp3) is 0.250. The van der Waals surface area contributed by atoms with E-state index < -0.39 is 16.5 Å². The van der Waals surface area contributed by atoms with Gasteiger partial charge < -0.3 is 10.8 Å². The molecule has 0 amide bonds. The van der Waals surface area contributed by atoms with Gasteiger partial charge in [-0.1, -0.05) is 0 Å². The normalized spacial score (nSPS) is 10.1. The number of hydrogen-bond acceptors (Lipinski definition) is 4. The van der Waals surface area contributed by atoms with E-state index in [0.29, 0.717) is 6.07 Å². The molecule has 0 spiro atoms.